The van der Waals surface area contributed by atoms with Crippen LogP contribution >= 0.6 is 15.9 Å². The van der Waals surface area contributed by atoms with E-state index in [9.17, 15) is 0 Å². The monoisotopic (exact) mass is 345 g/mol. The Bertz CT molecular complexity index is 766. The molecule has 3 rings (SSSR count). The van der Waals surface area contributed by atoms with Crippen LogP contribution in [0.2, 0.25) is 0 Å². The molecule has 1 unspecified atom stereocenters. The largest absolute Gasteiger partial charge is 0.493 e. The van der Waals surface area contributed by atoms with Crippen molar-refractivity contribution in [1.82, 2.24) is 0 Å². The molecule has 1 heterocycles. The zero-order valence-electron chi connectivity index (χ0n) is 11.9. The molecule has 1 aromatic heterocycles. The summed E-state index contributed by atoms with van der Waals surface area (Å²) in [5.74, 6) is 1.64. The van der Waals surface area contributed by atoms with Crippen LogP contribution in [0.3, 0.4) is 0 Å². The normalized spacial score (nSPS) is 12.3. The summed E-state index contributed by atoms with van der Waals surface area (Å²) in [7, 11) is 1.65. The van der Waals surface area contributed by atoms with E-state index in [1.807, 2.05) is 48.5 Å². The van der Waals surface area contributed by atoms with E-state index in [-0.39, 0.29) is 6.04 Å². The molecule has 3 aromatic rings. The van der Waals surface area contributed by atoms with Crippen molar-refractivity contribution in [3.8, 4) is 5.75 Å². The summed E-state index contributed by atoms with van der Waals surface area (Å²) in [5.41, 5.74) is 1.84. The van der Waals surface area contributed by atoms with Crippen LogP contribution in [-0.4, -0.2) is 7.11 Å². The molecule has 0 saturated heterocycles. The number of hydrogen-bond donors (Lipinski definition) is 1. The first-order chi connectivity index (χ1) is 10.2. The molecule has 0 aliphatic rings. The van der Waals surface area contributed by atoms with Gasteiger partial charge in [-0.25, -0.2) is 0 Å². The lowest BCUT2D eigenvalue weighted by atomic mass is 10.2. The van der Waals surface area contributed by atoms with Gasteiger partial charge in [0.05, 0.1) is 13.2 Å². The van der Waals surface area contributed by atoms with Crippen LogP contribution in [-0.2, 0) is 0 Å². The van der Waals surface area contributed by atoms with E-state index < -0.39 is 0 Å². The minimum atomic E-state index is 0.0661. The van der Waals surface area contributed by atoms with Gasteiger partial charge in [0.1, 0.15) is 5.76 Å². The third-order valence-electron chi connectivity index (χ3n) is 3.38. The second-order valence-corrected chi connectivity index (χ2v) is 5.82. The molecule has 21 heavy (non-hydrogen) atoms. The molecule has 0 aliphatic heterocycles. The number of ether oxygens (including phenoxy) is 1. The van der Waals surface area contributed by atoms with E-state index in [1.165, 1.54) is 0 Å². The molecule has 108 valence electrons. The minimum Gasteiger partial charge on any atom is -0.493 e. The second-order valence-electron chi connectivity index (χ2n) is 4.90. The molecule has 0 bridgehead atoms. The van der Waals surface area contributed by atoms with Gasteiger partial charge in [0.15, 0.2) is 11.3 Å². The van der Waals surface area contributed by atoms with Crippen molar-refractivity contribution in [1.29, 1.82) is 0 Å². The Balaban J connectivity index is 1.89. The van der Waals surface area contributed by atoms with E-state index in [2.05, 4.69) is 28.2 Å². The molecule has 0 amide bonds. The molecule has 0 radical (unpaired) electrons. The zero-order chi connectivity index (χ0) is 14.8. The summed E-state index contributed by atoms with van der Waals surface area (Å²) in [6.45, 7) is 2.07. The summed E-state index contributed by atoms with van der Waals surface area (Å²) in [4.78, 5) is 0. The van der Waals surface area contributed by atoms with Crippen molar-refractivity contribution >= 4 is 32.6 Å². The summed E-state index contributed by atoms with van der Waals surface area (Å²) >= 11 is 3.48. The average molecular weight is 346 g/mol. The van der Waals surface area contributed by atoms with Crippen LogP contribution in [0, 0.1) is 0 Å². The van der Waals surface area contributed by atoms with Crippen LogP contribution in [0.4, 0.5) is 5.69 Å². The topological polar surface area (TPSA) is 34.4 Å². The van der Waals surface area contributed by atoms with Gasteiger partial charge in [-0.15, -0.1) is 0 Å². The Morgan fingerprint density at radius 2 is 1.95 bits per heavy atom. The number of methoxy groups -OCH3 is 1. The number of fused-ring (bicyclic) bond motifs is 1. The first kappa shape index (κ1) is 14.0. The Morgan fingerprint density at radius 3 is 2.71 bits per heavy atom. The van der Waals surface area contributed by atoms with Gasteiger partial charge in [-0.1, -0.05) is 34.1 Å². The van der Waals surface area contributed by atoms with E-state index in [4.69, 9.17) is 9.15 Å². The van der Waals surface area contributed by atoms with Gasteiger partial charge in [0.25, 0.3) is 0 Å². The van der Waals surface area contributed by atoms with Crippen molar-refractivity contribution in [2.75, 3.05) is 12.4 Å². The SMILES string of the molecule is COc1cccc2cc(C(C)Nc3cccc(Br)c3)oc12. The van der Waals surface area contributed by atoms with Gasteiger partial charge in [-0.05, 0) is 37.3 Å². The van der Waals surface area contributed by atoms with Crippen molar-refractivity contribution in [3.63, 3.8) is 0 Å². The molecular weight excluding hydrogens is 330 g/mol. The van der Waals surface area contributed by atoms with E-state index in [0.717, 1.165) is 32.6 Å². The Morgan fingerprint density at radius 1 is 1.14 bits per heavy atom. The highest BCUT2D eigenvalue weighted by atomic mass is 79.9. The van der Waals surface area contributed by atoms with Crippen molar-refractivity contribution in [3.05, 3.63) is 58.8 Å². The van der Waals surface area contributed by atoms with Crippen LogP contribution in [0.1, 0.15) is 18.7 Å². The van der Waals surface area contributed by atoms with Crippen molar-refractivity contribution in [2.45, 2.75) is 13.0 Å². The first-order valence-electron chi connectivity index (χ1n) is 6.76. The highest BCUT2D eigenvalue weighted by molar-refractivity contribution is 9.10. The van der Waals surface area contributed by atoms with Crippen molar-refractivity contribution < 1.29 is 9.15 Å². The third-order valence-corrected chi connectivity index (χ3v) is 3.87. The predicted octanol–water partition coefficient (Wildman–Crippen LogP) is 5.38. The van der Waals surface area contributed by atoms with E-state index in [1.54, 1.807) is 7.11 Å². The molecule has 1 atom stereocenters. The smallest absolute Gasteiger partial charge is 0.176 e. The van der Waals surface area contributed by atoms with Gasteiger partial charge in [-0.2, -0.15) is 0 Å². The number of furan rings is 1. The first-order valence-corrected chi connectivity index (χ1v) is 7.55. The summed E-state index contributed by atoms with van der Waals surface area (Å²) in [5, 5.41) is 4.48. The quantitative estimate of drug-likeness (QED) is 0.689. The Labute approximate surface area is 132 Å². The molecular formula is C17H16BrNO2. The lowest BCUT2D eigenvalue weighted by molar-refractivity contribution is 0.406. The molecule has 0 saturated carbocycles. The molecule has 2 aromatic carbocycles. The summed E-state index contributed by atoms with van der Waals surface area (Å²) in [6.07, 6.45) is 0. The van der Waals surface area contributed by atoms with Crippen LogP contribution in [0.25, 0.3) is 11.0 Å². The Kier molecular flexibility index (Phi) is 3.88. The lowest BCUT2D eigenvalue weighted by Crippen LogP contribution is -2.05. The fourth-order valence-electron chi connectivity index (χ4n) is 2.33. The average Bonchev–Trinajstić information content (AvgIpc) is 2.91. The fourth-order valence-corrected chi connectivity index (χ4v) is 2.73. The second kappa shape index (κ2) is 5.82. The number of halogens is 1. The number of anilines is 1. The number of nitrogens with one attached hydrogen (secondary N) is 1. The van der Waals surface area contributed by atoms with Crippen molar-refractivity contribution in [2.24, 2.45) is 0 Å². The van der Waals surface area contributed by atoms with Crippen LogP contribution in [0.5, 0.6) is 5.75 Å². The predicted molar refractivity (Wildman–Crippen MR) is 88.9 cm³/mol. The summed E-state index contributed by atoms with van der Waals surface area (Å²) in [6, 6.07) is 16.1. The number of para-hydroxylation sites is 1. The molecule has 4 heteroatoms. The maximum absolute atomic E-state index is 5.96. The van der Waals surface area contributed by atoms with Gasteiger partial charge in [-0.3, -0.25) is 0 Å². The molecule has 3 nitrogen and oxygen atoms in total. The third kappa shape index (κ3) is 2.90. The number of rotatable bonds is 4. The highest BCUT2D eigenvalue weighted by Crippen LogP contribution is 2.32. The van der Waals surface area contributed by atoms with Crippen LogP contribution < -0.4 is 10.1 Å². The minimum absolute atomic E-state index is 0.0661. The Hall–Kier alpha value is -1.94. The number of benzene rings is 2. The van der Waals surface area contributed by atoms with Gasteiger partial charge < -0.3 is 14.5 Å². The van der Waals surface area contributed by atoms with Crippen LogP contribution in [0.15, 0.2) is 57.4 Å². The highest BCUT2D eigenvalue weighted by Gasteiger charge is 2.14. The number of hydrogen-bond acceptors (Lipinski definition) is 3. The maximum Gasteiger partial charge on any atom is 0.176 e. The molecule has 0 aliphatic carbocycles. The maximum atomic E-state index is 5.96. The standard InChI is InChI=1S/C17H16BrNO2/c1-11(19-14-7-4-6-13(18)10-14)16-9-12-5-3-8-15(20-2)17(12)21-16/h3-11,19H,1-2H3. The van der Waals surface area contributed by atoms with E-state index in [0.29, 0.717) is 0 Å². The zero-order valence-corrected chi connectivity index (χ0v) is 13.5. The summed E-state index contributed by atoms with van der Waals surface area (Å²) < 4.78 is 12.3. The molecule has 0 spiro atoms. The van der Waals surface area contributed by atoms with Gasteiger partial charge in [0.2, 0.25) is 0 Å². The molecule has 0 fully saturated rings. The van der Waals surface area contributed by atoms with Gasteiger partial charge in [0, 0.05) is 15.5 Å². The fraction of sp³-hybridized carbons (Fsp3) is 0.176. The molecule has 1 N–H and O–H groups in total. The lowest BCUT2D eigenvalue weighted by Gasteiger charge is -2.13. The van der Waals surface area contributed by atoms with E-state index >= 15 is 0 Å². The van der Waals surface area contributed by atoms with Gasteiger partial charge >= 0.3 is 0 Å².